The van der Waals surface area contributed by atoms with Crippen molar-refractivity contribution in [3.8, 4) is 0 Å². The number of aromatic nitrogens is 4. The van der Waals surface area contributed by atoms with Crippen LogP contribution in [0.4, 0.5) is 5.13 Å². The summed E-state index contributed by atoms with van der Waals surface area (Å²) in [5.41, 5.74) is 0. The molecule has 8 heteroatoms. The van der Waals surface area contributed by atoms with E-state index in [0.29, 0.717) is 17.6 Å². The van der Waals surface area contributed by atoms with Crippen molar-refractivity contribution in [3.63, 3.8) is 0 Å². The number of carbonyl (C=O) groups is 1. The van der Waals surface area contributed by atoms with Crippen molar-refractivity contribution < 1.29 is 4.79 Å². The molecule has 1 saturated heterocycles. The summed E-state index contributed by atoms with van der Waals surface area (Å²) in [7, 11) is 0. The predicted octanol–water partition coefficient (Wildman–Crippen LogP) is 1.39. The number of hydrogen-bond acceptors (Lipinski definition) is 6. The average molecular weight is 320 g/mol. The quantitative estimate of drug-likeness (QED) is 0.901. The third kappa shape index (κ3) is 4.11. The normalized spacial score (nSPS) is 16.8. The number of piperidine rings is 1. The molecule has 3 heterocycles. The zero-order valence-corrected chi connectivity index (χ0v) is 13.4. The fourth-order valence-corrected chi connectivity index (χ4v) is 3.32. The van der Waals surface area contributed by atoms with Gasteiger partial charge in [-0.25, -0.2) is 0 Å². The van der Waals surface area contributed by atoms with Crippen LogP contribution in [0.1, 0.15) is 17.8 Å². The topological polar surface area (TPSA) is 75.9 Å². The maximum Gasteiger partial charge on any atom is 0.240 e. The summed E-state index contributed by atoms with van der Waals surface area (Å²) >= 11 is 1.40. The Morgan fingerprint density at radius 3 is 2.86 bits per heavy atom. The van der Waals surface area contributed by atoms with Gasteiger partial charge in [0.2, 0.25) is 11.0 Å². The van der Waals surface area contributed by atoms with Crippen LogP contribution in [0.15, 0.2) is 18.5 Å². The van der Waals surface area contributed by atoms with E-state index in [1.807, 2.05) is 30.1 Å². The van der Waals surface area contributed by atoms with E-state index in [2.05, 4.69) is 25.5 Å². The molecule has 1 amide bonds. The standard InChI is InChI=1S/C14H20N6OS/c1-11-17-18-14(22-11)16-13(21)10-19-7-3-12(4-8-19)9-20-6-2-5-15-20/h2,5-6,12H,3-4,7-10H2,1H3,(H,16,18,21). The van der Waals surface area contributed by atoms with E-state index in [1.165, 1.54) is 11.3 Å². The zero-order chi connectivity index (χ0) is 15.4. The first-order valence-corrected chi connectivity index (χ1v) is 8.30. The Bertz CT molecular complexity index is 603. The molecular formula is C14H20N6OS. The molecule has 0 unspecified atom stereocenters. The highest BCUT2D eigenvalue weighted by Gasteiger charge is 2.21. The lowest BCUT2D eigenvalue weighted by Gasteiger charge is -2.31. The Morgan fingerprint density at radius 1 is 1.41 bits per heavy atom. The van der Waals surface area contributed by atoms with E-state index in [9.17, 15) is 4.79 Å². The summed E-state index contributed by atoms with van der Waals surface area (Å²) in [5.74, 6) is 0.631. The fraction of sp³-hybridized carbons (Fsp3) is 0.571. The van der Waals surface area contributed by atoms with Crippen molar-refractivity contribution in [2.45, 2.75) is 26.3 Å². The number of likely N-dealkylation sites (tertiary alicyclic amines) is 1. The summed E-state index contributed by atoms with van der Waals surface area (Å²) in [5, 5.41) is 16.3. The van der Waals surface area contributed by atoms with Gasteiger partial charge in [-0.2, -0.15) is 5.10 Å². The Kier molecular flexibility index (Phi) is 4.79. The third-order valence-electron chi connectivity index (χ3n) is 3.85. The maximum absolute atomic E-state index is 12.0. The van der Waals surface area contributed by atoms with E-state index < -0.39 is 0 Å². The molecule has 0 aliphatic carbocycles. The number of hydrogen-bond donors (Lipinski definition) is 1. The van der Waals surface area contributed by atoms with Crippen LogP contribution in [0.25, 0.3) is 0 Å². The van der Waals surface area contributed by atoms with Crippen LogP contribution in [0.3, 0.4) is 0 Å². The Hall–Kier alpha value is -1.80. The van der Waals surface area contributed by atoms with Gasteiger partial charge in [0.05, 0.1) is 6.54 Å². The van der Waals surface area contributed by atoms with Crippen molar-refractivity contribution in [2.24, 2.45) is 5.92 Å². The summed E-state index contributed by atoms with van der Waals surface area (Å²) in [6.07, 6.45) is 6.02. The first kappa shape index (κ1) is 15.1. The molecule has 7 nitrogen and oxygen atoms in total. The van der Waals surface area contributed by atoms with Crippen LogP contribution in [0, 0.1) is 12.8 Å². The monoisotopic (exact) mass is 320 g/mol. The molecule has 1 N–H and O–H groups in total. The first-order chi connectivity index (χ1) is 10.7. The molecule has 0 radical (unpaired) electrons. The molecule has 0 bridgehead atoms. The first-order valence-electron chi connectivity index (χ1n) is 7.49. The molecule has 1 aliphatic rings. The van der Waals surface area contributed by atoms with E-state index in [4.69, 9.17) is 0 Å². The van der Waals surface area contributed by atoms with E-state index in [0.717, 1.165) is 37.5 Å². The largest absolute Gasteiger partial charge is 0.299 e. The van der Waals surface area contributed by atoms with Gasteiger partial charge in [-0.3, -0.25) is 19.7 Å². The molecule has 118 valence electrons. The van der Waals surface area contributed by atoms with Crippen molar-refractivity contribution in [2.75, 3.05) is 25.0 Å². The SMILES string of the molecule is Cc1nnc(NC(=O)CN2CCC(Cn3cccn3)CC2)s1. The van der Waals surface area contributed by atoms with Gasteiger partial charge in [-0.1, -0.05) is 11.3 Å². The number of anilines is 1. The van der Waals surface area contributed by atoms with Crippen LogP contribution >= 0.6 is 11.3 Å². The van der Waals surface area contributed by atoms with Gasteiger partial charge in [-0.05, 0) is 44.8 Å². The number of rotatable bonds is 5. The highest BCUT2D eigenvalue weighted by molar-refractivity contribution is 7.15. The van der Waals surface area contributed by atoms with Crippen LogP contribution in [-0.2, 0) is 11.3 Å². The van der Waals surface area contributed by atoms with Crippen LogP contribution < -0.4 is 5.32 Å². The average Bonchev–Trinajstić information content (AvgIpc) is 3.13. The lowest BCUT2D eigenvalue weighted by atomic mass is 9.97. The number of nitrogens with one attached hydrogen (secondary N) is 1. The molecule has 0 aromatic carbocycles. The number of aryl methyl sites for hydroxylation is 1. The van der Waals surface area contributed by atoms with Crippen molar-refractivity contribution in [1.82, 2.24) is 24.9 Å². The Morgan fingerprint density at radius 2 is 2.23 bits per heavy atom. The van der Waals surface area contributed by atoms with Gasteiger partial charge < -0.3 is 0 Å². The third-order valence-corrected chi connectivity index (χ3v) is 4.61. The second-order valence-electron chi connectivity index (χ2n) is 5.62. The molecule has 2 aromatic rings. The minimum atomic E-state index is -0.0123. The highest BCUT2D eigenvalue weighted by Crippen LogP contribution is 2.19. The van der Waals surface area contributed by atoms with Gasteiger partial charge >= 0.3 is 0 Å². The number of carbonyl (C=O) groups excluding carboxylic acids is 1. The molecule has 0 atom stereocenters. The maximum atomic E-state index is 12.0. The summed E-state index contributed by atoms with van der Waals surface area (Å²) in [4.78, 5) is 14.2. The highest BCUT2D eigenvalue weighted by atomic mass is 32.1. The van der Waals surface area contributed by atoms with Crippen LogP contribution in [0.2, 0.25) is 0 Å². The van der Waals surface area contributed by atoms with Crippen LogP contribution in [-0.4, -0.2) is 50.4 Å². The van der Waals surface area contributed by atoms with Crippen LogP contribution in [0.5, 0.6) is 0 Å². The van der Waals surface area contributed by atoms with Crippen molar-refractivity contribution >= 4 is 22.4 Å². The van der Waals surface area contributed by atoms with Crippen molar-refractivity contribution in [1.29, 1.82) is 0 Å². The predicted molar refractivity (Wildman–Crippen MR) is 84.7 cm³/mol. The molecular weight excluding hydrogens is 300 g/mol. The number of nitrogens with zero attached hydrogens (tertiary/aromatic N) is 5. The fourth-order valence-electron chi connectivity index (χ4n) is 2.71. The zero-order valence-electron chi connectivity index (χ0n) is 12.6. The van der Waals surface area contributed by atoms with Gasteiger partial charge in [-0.15, -0.1) is 10.2 Å². The van der Waals surface area contributed by atoms with Gasteiger partial charge in [0.1, 0.15) is 5.01 Å². The number of amides is 1. The second-order valence-corrected chi connectivity index (χ2v) is 6.80. The molecule has 3 rings (SSSR count). The lowest BCUT2D eigenvalue weighted by Crippen LogP contribution is -2.40. The molecule has 0 saturated carbocycles. The molecule has 22 heavy (non-hydrogen) atoms. The molecule has 1 fully saturated rings. The second kappa shape index (κ2) is 6.97. The molecule has 1 aliphatic heterocycles. The van der Waals surface area contributed by atoms with Gasteiger partial charge in [0.15, 0.2) is 0 Å². The van der Waals surface area contributed by atoms with E-state index in [1.54, 1.807) is 0 Å². The van der Waals surface area contributed by atoms with Gasteiger partial charge in [0.25, 0.3) is 0 Å². The summed E-state index contributed by atoms with van der Waals surface area (Å²) < 4.78 is 1.99. The Balaban J connectivity index is 1.40. The smallest absolute Gasteiger partial charge is 0.240 e. The Labute approximate surface area is 133 Å². The van der Waals surface area contributed by atoms with Gasteiger partial charge in [0, 0.05) is 18.9 Å². The lowest BCUT2D eigenvalue weighted by molar-refractivity contribution is -0.117. The minimum absolute atomic E-state index is 0.0123. The van der Waals surface area contributed by atoms with E-state index in [-0.39, 0.29) is 5.91 Å². The van der Waals surface area contributed by atoms with E-state index >= 15 is 0 Å². The summed E-state index contributed by atoms with van der Waals surface area (Å²) in [6.45, 7) is 5.17. The molecule has 0 spiro atoms. The summed E-state index contributed by atoms with van der Waals surface area (Å²) in [6, 6.07) is 1.95. The minimum Gasteiger partial charge on any atom is -0.299 e. The molecule has 2 aromatic heterocycles. The van der Waals surface area contributed by atoms with Crippen molar-refractivity contribution in [3.05, 3.63) is 23.5 Å².